The number of thiophene rings is 1. The molecule has 1 aliphatic rings. The van der Waals surface area contributed by atoms with E-state index in [1.807, 2.05) is 54.8 Å². The minimum atomic E-state index is -0.359. The van der Waals surface area contributed by atoms with Gasteiger partial charge in [0, 0.05) is 18.8 Å². The summed E-state index contributed by atoms with van der Waals surface area (Å²) in [6.45, 7) is 2.77. The SMILES string of the molecule is COc1cc2c(cc1OC)[C@@H](CNC(=O)c1cccs1)N(C(=O)Nc1cccc(C)c1)CC2. The Balaban J connectivity index is 1.63. The zero-order chi connectivity index (χ0) is 23.4. The number of rotatable bonds is 6. The molecule has 4 rings (SSSR count). The maximum atomic E-state index is 13.3. The van der Waals surface area contributed by atoms with E-state index >= 15 is 0 Å². The lowest BCUT2D eigenvalue weighted by Gasteiger charge is -2.37. The van der Waals surface area contributed by atoms with Crippen molar-refractivity contribution >= 4 is 29.0 Å². The summed E-state index contributed by atoms with van der Waals surface area (Å²) in [7, 11) is 3.19. The summed E-state index contributed by atoms with van der Waals surface area (Å²) in [4.78, 5) is 28.3. The second kappa shape index (κ2) is 9.95. The van der Waals surface area contributed by atoms with Crippen LogP contribution in [0.1, 0.15) is 32.4 Å². The average Bonchev–Trinajstić information content (AvgIpc) is 3.36. The van der Waals surface area contributed by atoms with Gasteiger partial charge in [0.2, 0.25) is 0 Å². The molecule has 3 aromatic rings. The van der Waals surface area contributed by atoms with Crippen LogP contribution in [0.3, 0.4) is 0 Å². The summed E-state index contributed by atoms with van der Waals surface area (Å²) >= 11 is 1.38. The molecule has 0 saturated heterocycles. The highest BCUT2D eigenvalue weighted by molar-refractivity contribution is 7.12. The third-order valence-electron chi connectivity index (χ3n) is 5.73. The van der Waals surface area contributed by atoms with Gasteiger partial charge in [0.25, 0.3) is 5.91 Å². The Labute approximate surface area is 197 Å². The van der Waals surface area contributed by atoms with E-state index in [4.69, 9.17) is 9.47 Å². The van der Waals surface area contributed by atoms with Gasteiger partial charge in [-0.25, -0.2) is 4.79 Å². The summed E-state index contributed by atoms with van der Waals surface area (Å²) in [5.41, 5.74) is 3.81. The lowest BCUT2D eigenvalue weighted by molar-refractivity contribution is 0.0940. The van der Waals surface area contributed by atoms with E-state index in [9.17, 15) is 9.59 Å². The molecule has 8 heteroatoms. The average molecular weight is 466 g/mol. The predicted octanol–water partition coefficient (Wildman–Crippen LogP) is 4.64. The van der Waals surface area contributed by atoms with E-state index in [1.165, 1.54) is 11.3 Å². The quantitative estimate of drug-likeness (QED) is 0.556. The molecule has 0 saturated carbocycles. The van der Waals surface area contributed by atoms with Crippen LogP contribution in [-0.2, 0) is 6.42 Å². The van der Waals surface area contributed by atoms with Gasteiger partial charge in [0.15, 0.2) is 11.5 Å². The van der Waals surface area contributed by atoms with Crippen LogP contribution >= 0.6 is 11.3 Å². The van der Waals surface area contributed by atoms with Gasteiger partial charge in [-0.2, -0.15) is 0 Å². The lowest BCUT2D eigenvalue weighted by Crippen LogP contribution is -2.46. The number of aryl methyl sites for hydroxylation is 1. The van der Waals surface area contributed by atoms with Crippen molar-refractivity contribution in [3.8, 4) is 11.5 Å². The molecule has 0 fully saturated rings. The highest BCUT2D eigenvalue weighted by atomic mass is 32.1. The number of nitrogens with one attached hydrogen (secondary N) is 2. The fourth-order valence-electron chi connectivity index (χ4n) is 4.09. The minimum absolute atomic E-state index is 0.156. The molecule has 0 aliphatic carbocycles. The largest absolute Gasteiger partial charge is 0.493 e. The molecule has 1 atom stereocenters. The summed E-state index contributed by atoms with van der Waals surface area (Å²) in [6, 6.07) is 14.6. The van der Waals surface area contributed by atoms with Gasteiger partial charge in [-0.05, 0) is 65.7 Å². The molecule has 3 amide bonds. The smallest absolute Gasteiger partial charge is 0.322 e. The number of methoxy groups -OCH3 is 2. The highest BCUT2D eigenvalue weighted by Crippen LogP contribution is 2.38. The molecule has 0 bridgehead atoms. The van der Waals surface area contributed by atoms with E-state index in [1.54, 1.807) is 25.2 Å². The van der Waals surface area contributed by atoms with Crippen molar-refractivity contribution in [2.75, 3.05) is 32.6 Å². The number of hydrogen-bond donors (Lipinski definition) is 2. The topological polar surface area (TPSA) is 79.9 Å². The molecule has 1 aromatic heterocycles. The summed E-state index contributed by atoms with van der Waals surface area (Å²) in [5, 5.41) is 7.86. The van der Waals surface area contributed by atoms with Crippen LogP contribution in [0.25, 0.3) is 0 Å². The van der Waals surface area contributed by atoms with Crippen LogP contribution < -0.4 is 20.1 Å². The van der Waals surface area contributed by atoms with Gasteiger partial charge in [-0.15, -0.1) is 11.3 Å². The molecular formula is C25H27N3O4S. The third-order valence-corrected chi connectivity index (χ3v) is 6.60. The number of hydrogen-bond acceptors (Lipinski definition) is 5. The number of nitrogens with zero attached hydrogens (tertiary/aromatic N) is 1. The van der Waals surface area contributed by atoms with Crippen molar-refractivity contribution in [1.82, 2.24) is 10.2 Å². The van der Waals surface area contributed by atoms with Crippen LogP contribution in [-0.4, -0.2) is 44.1 Å². The third kappa shape index (κ3) is 4.96. The van der Waals surface area contributed by atoms with Crippen LogP contribution in [0, 0.1) is 6.92 Å². The Morgan fingerprint density at radius 1 is 1.09 bits per heavy atom. The van der Waals surface area contributed by atoms with Gasteiger partial charge >= 0.3 is 6.03 Å². The van der Waals surface area contributed by atoms with Gasteiger partial charge in [0.1, 0.15) is 0 Å². The predicted molar refractivity (Wildman–Crippen MR) is 130 cm³/mol. The Morgan fingerprint density at radius 3 is 2.58 bits per heavy atom. The normalized spacial score (nSPS) is 14.9. The van der Waals surface area contributed by atoms with Crippen molar-refractivity contribution in [2.24, 2.45) is 0 Å². The molecule has 2 aromatic carbocycles. The first kappa shape index (κ1) is 22.7. The Bertz CT molecular complexity index is 1150. The fourth-order valence-corrected chi connectivity index (χ4v) is 4.73. The first-order chi connectivity index (χ1) is 16.0. The zero-order valence-electron chi connectivity index (χ0n) is 18.9. The molecule has 2 heterocycles. The standard InChI is InChI=1S/C25H27N3O4S/c1-16-6-4-7-18(12-16)27-25(30)28-10-9-17-13-21(31-2)22(32-3)14-19(17)20(28)15-26-24(29)23-8-5-11-33-23/h4-8,11-14,20H,9-10,15H2,1-3H3,(H,26,29)(H,27,30)/t20-/m1/s1. The van der Waals surface area contributed by atoms with Crippen molar-refractivity contribution in [3.05, 3.63) is 75.5 Å². The van der Waals surface area contributed by atoms with E-state index in [-0.39, 0.29) is 24.5 Å². The Kier molecular flexibility index (Phi) is 6.84. The fraction of sp³-hybridized carbons (Fsp3) is 0.280. The van der Waals surface area contributed by atoms with Gasteiger partial charge in [-0.1, -0.05) is 18.2 Å². The Morgan fingerprint density at radius 2 is 1.88 bits per heavy atom. The van der Waals surface area contributed by atoms with Gasteiger partial charge < -0.3 is 25.0 Å². The first-order valence-electron chi connectivity index (χ1n) is 10.7. The number of anilines is 1. The van der Waals surface area contributed by atoms with Crippen molar-refractivity contribution in [1.29, 1.82) is 0 Å². The monoisotopic (exact) mass is 465 g/mol. The number of carbonyl (C=O) groups excluding carboxylic acids is 2. The molecule has 2 N–H and O–H groups in total. The summed E-state index contributed by atoms with van der Waals surface area (Å²) in [5.74, 6) is 1.08. The van der Waals surface area contributed by atoms with E-state index < -0.39 is 0 Å². The molecular weight excluding hydrogens is 438 g/mol. The molecule has 1 aliphatic heterocycles. The second-order valence-electron chi connectivity index (χ2n) is 7.85. The molecule has 7 nitrogen and oxygen atoms in total. The van der Waals surface area contributed by atoms with Crippen molar-refractivity contribution < 1.29 is 19.1 Å². The number of ether oxygens (including phenoxy) is 2. The highest BCUT2D eigenvalue weighted by Gasteiger charge is 2.32. The van der Waals surface area contributed by atoms with Gasteiger partial charge in [-0.3, -0.25) is 4.79 Å². The van der Waals surface area contributed by atoms with E-state index in [0.29, 0.717) is 29.3 Å². The molecule has 0 unspecified atom stereocenters. The number of fused-ring (bicyclic) bond motifs is 1. The van der Waals surface area contributed by atoms with Crippen LogP contribution in [0.15, 0.2) is 53.9 Å². The van der Waals surface area contributed by atoms with Crippen LogP contribution in [0.4, 0.5) is 10.5 Å². The first-order valence-corrected chi connectivity index (χ1v) is 11.6. The molecule has 33 heavy (non-hydrogen) atoms. The number of amides is 3. The summed E-state index contributed by atoms with van der Waals surface area (Å²) in [6.07, 6.45) is 0.673. The minimum Gasteiger partial charge on any atom is -0.493 e. The molecule has 0 radical (unpaired) electrons. The van der Waals surface area contributed by atoms with Crippen LogP contribution in [0.2, 0.25) is 0 Å². The second-order valence-corrected chi connectivity index (χ2v) is 8.80. The molecule has 172 valence electrons. The van der Waals surface area contributed by atoms with Crippen LogP contribution in [0.5, 0.6) is 11.5 Å². The van der Waals surface area contributed by atoms with Crippen molar-refractivity contribution in [3.63, 3.8) is 0 Å². The van der Waals surface area contributed by atoms with E-state index in [0.717, 1.165) is 22.4 Å². The van der Waals surface area contributed by atoms with E-state index in [2.05, 4.69) is 10.6 Å². The van der Waals surface area contributed by atoms with Crippen molar-refractivity contribution in [2.45, 2.75) is 19.4 Å². The lowest BCUT2D eigenvalue weighted by atomic mass is 9.91. The number of benzene rings is 2. The maximum absolute atomic E-state index is 13.3. The zero-order valence-corrected chi connectivity index (χ0v) is 19.7. The van der Waals surface area contributed by atoms with Gasteiger partial charge in [0.05, 0.1) is 25.1 Å². The summed E-state index contributed by atoms with van der Waals surface area (Å²) < 4.78 is 11.0. The number of carbonyl (C=O) groups is 2. The number of urea groups is 1. The molecule has 0 spiro atoms. The maximum Gasteiger partial charge on any atom is 0.322 e. The Hall–Kier alpha value is -3.52.